The molecule has 0 spiro atoms. The van der Waals surface area contributed by atoms with E-state index in [1.54, 1.807) is 6.07 Å². The van der Waals surface area contributed by atoms with Crippen LogP contribution in [0.3, 0.4) is 0 Å². The quantitative estimate of drug-likeness (QED) is 0.623. The Morgan fingerprint density at radius 1 is 1.33 bits per heavy atom. The number of aliphatic hydroxyl groups is 1. The summed E-state index contributed by atoms with van der Waals surface area (Å²) in [4.78, 5) is 32.7. The topological polar surface area (TPSA) is 98.3 Å². The van der Waals surface area contributed by atoms with Crippen LogP contribution in [0.2, 0.25) is 5.02 Å². The van der Waals surface area contributed by atoms with Gasteiger partial charge in [0.25, 0.3) is 5.56 Å². The zero-order chi connectivity index (χ0) is 19.4. The number of hydrogen-bond donors (Lipinski definition) is 3. The molecular formula is C18H16ClFN4O3. The maximum atomic E-state index is 13.3. The van der Waals surface area contributed by atoms with Crippen molar-refractivity contribution >= 4 is 39.8 Å². The van der Waals surface area contributed by atoms with Crippen molar-refractivity contribution in [2.75, 3.05) is 23.4 Å². The minimum Gasteiger partial charge on any atom is -0.396 e. The van der Waals surface area contributed by atoms with Crippen molar-refractivity contribution in [3.63, 3.8) is 0 Å². The predicted molar refractivity (Wildman–Crippen MR) is 102 cm³/mol. The van der Waals surface area contributed by atoms with Crippen LogP contribution in [0.15, 0.2) is 47.7 Å². The second-order valence-corrected chi connectivity index (χ2v) is 6.12. The molecule has 0 aliphatic carbocycles. The summed E-state index contributed by atoms with van der Waals surface area (Å²) in [5, 5.41) is 12.6. The zero-order valence-corrected chi connectivity index (χ0v) is 14.8. The number of nitrogens with zero attached hydrogens (tertiary/aromatic N) is 2. The van der Waals surface area contributed by atoms with Crippen LogP contribution in [0.1, 0.15) is 6.42 Å². The Bertz CT molecular complexity index is 1040. The molecule has 0 saturated heterocycles. The van der Waals surface area contributed by atoms with Crippen LogP contribution in [-0.4, -0.2) is 34.3 Å². The smallest absolute Gasteiger partial charge is 0.326 e. The molecule has 140 valence electrons. The highest BCUT2D eigenvalue weighted by atomic mass is 35.5. The van der Waals surface area contributed by atoms with E-state index in [0.29, 0.717) is 28.6 Å². The van der Waals surface area contributed by atoms with E-state index in [9.17, 15) is 19.1 Å². The molecule has 0 aliphatic heterocycles. The van der Waals surface area contributed by atoms with Gasteiger partial charge in [-0.1, -0.05) is 11.6 Å². The monoisotopic (exact) mass is 390 g/mol. The normalized spacial score (nSPS) is 10.8. The molecule has 7 nitrogen and oxygen atoms in total. The van der Waals surface area contributed by atoms with Crippen LogP contribution >= 0.6 is 11.6 Å². The molecule has 0 radical (unpaired) electrons. The molecule has 2 heterocycles. The van der Waals surface area contributed by atoms with Crippen molar-refractivity contribution in [2.24, 2.45) is 0 Å². The number of H-pyrrole nitrogens is 1. The lowest BCUT2D eigenvalue weighted by atomic mass is 10.2. The molecule has 0 saturated carbocycles. The number of fused-ring (bicyclic) bond motifs is 1. The van der Waals surface area contributed by atoms with E-state index in [1.165, 1.54) is 35.6 Å². The van der Waals surface area contributed by atoms with Gasteiger partial charge in [0.2, 0.25) is 0 Å². The number of rotatable bonds is 5. The Morgan fingerprint density at radius 2 is 2.15 bits per heavy atom. The first-order valence-corrected chi connectivity index (χ1v) is 8.49. The number of halogens is 2. The first-order chi connectivity index (χ1) is 13.0. The molecule has 9 heteroatoms. The average molecular weight is 391 g/mol. The number of aromatic nitrogens is 2. The van der Waals surface area contributed by atoms with Crippen LogP contribution < -0.4 is 15.8 Å². The number of aromatic amines is 1. The minimum atomic E-state index is -0.592. The fraction of sp³-hybridized carbons (Fsp3) is 0.167. The molecule has 2 aromatic heterocycles. The van der Waals surface area contributed by atoms with Gasteiger partial charge < -0.3 is 15.4 Å². The van der Waals surface area contributed by atoms with Gasteiger partial charge >= 0.3 is 6.03 Å². The fourth-order valence-electron chi connectivity index (χ4n) is 2.64. The Morgan fingerprint density at radius 3 is 2.89 bits per heavy atom. The summed E-state index contributed by atoms with van der Waals surface area (Å²) in [6, 6.07) is 4.95. The minimum absolute atomic E-state index is 0.115. The summed E-state index contributed by atoms with van der Waals surface area (Å²) >= 11 is 5.75. The Kier molecular flexibility index (Phi) is 5.68. The van der Waals surface area contributed by atoms with E-state index in [1.807, 2.05) is 0 Å². The number of hydrogen-bond acceptors (Lipinski definition) is 4. The van der Waals surface area contributed by atoms with Crippen LogP contribution in [0.5, 0.6) is 0 Å². The number of amides is 2. The third kappa shape index (κ3) is 4.07. The summed E-state index contributed by atoms with van der Waals surface area (Å²) in [7, 11) is 0. The van der Waals surface area contributed by atoms with Crippen molar-refractivity contribution in [1.29, 1.82) is 0 Å². The summed E-state index contributed by atoms with van der Waals surface area (Å²) in [6.45, 7) is 0.0791. The summed E-state index contributed by atoms with van der Waals surface area (Å²) in [5.41, 5.74) is 0.441. The van der Waals surface area contributed by atoms with Gasteiger partial charge in [-0.2, -0.15) is 0 Å². The molecule has 1 aromatic carbocycles. The highest BCUT2D eigenvalue weighted by molar-refractivity contribution is 6.31. The highest BCUT2D eigenvalue weighted by Gasteiger charge is 2.19. The van der Waals surface area contributed by atoms with Gasteiger partial charge in [0.15, 0.2) is 0 Å². The number of nitrogens with one attached hydrogen (secondary N) is 2. The number of carbonyl (C=O) groups excluding carboxylic acids is 1. The molecule has 0 atom stereocenters. The highest BCUT2D eigenvalue weighted by Crippen LogP contribution is 2.25. The third-order valence-electron chi connectivity index (χ3n) is 3.93. The van der Waals surface area contributed by atoms with Crippen LogP contribution in [0.25, 0.3) is 10.8 Å². The van der Waals surface area contributed by atoms with Crippen molar-refractivity contribution in [3.8, 4) is 0 Å². The van der Waals surface area contributed by atoms with E-state index in [2.05, 4.69) is 15.3 Å². The standard InChI is InChI=1S/C18H16ClFN4O3/c19-14-8-11(2-3-15(14)20)23-18(27)24(6-1-7-25)16-10-22-17(26)13-9-21-5-4-12(13)16/h2-5,8-10,25H,1,6-7H2,(H,22,26)(H,23,27). The molecule has 3 N–H and O–H groups in total. The number of carbonyl (C=O) groups is 1. The van der Waals surface area contributed by atoms with Gasteiger partial charge in [0, 0.05) is 42.8 Å². The molecule has 0 unspecified atom stereocenters. The fourth-order valence-corrected chi connectivity index (χ4v) is 2.82. The zero-order valence-electron chi connectivity index (χ0n) is 14.1. The second kappa shape index (κ2) is 8.15. The number of aliphatic hydroxyl groups excluding tert-OH is 1. The Labute approximate surface area is 158 Å². The first kappa shape index (κ1) is 18.8. The molecule has 3 aromatic rings. The summed E-state index contributed by atoms with van der Waals surface area (Å²) in [5.74, 6) is -0.592. The lowest BCUT2D eigenvalue weighted by Crippen LogP contribution is -2.36. The molecule has 3 rings (SSSR count). The molecule has 0 bridgehead atoms. The lowest BCUT2D eigenvalue weighted by Gasteiger charge is -2.24. The van der Waals surface area contributed by atoms with Gasteiger partial charge in [-0.05, 0) is 30.7 Å². The maximum Gasteiger partial charge on any atom is 0.326 e. The summed E-state index contributed by atoms with van der Waals surface area (Å²) < 4.78 is 13.3. The van der Waals surface area contributed by atoms with Crippen molar-refractivity contribution < 1.29 is 14.3 Å². The summed E-state index contributed by atoms with van der Waals surface area (Å²) in [6.07, 6.45) is 4.69. The number of pyridine rings is 2. The van der Waals surface area contributed by atoms with E-state index in [0.717, 1.165) is 6.07 Å². The number of urea groups is 1. The number of anilines is 2. The van der Waals surface area contributed by atoms with Gasteiger partial charge in [0.1, 0.15) is 5.82 Å². The van der Waals surface area contributed by atoms with E-state index < -0.39 is 11.8 Å². The molecule has 2 amide bonds. The number of benzene rings is 1. The molecule has 0 fully saturated rings. The average Bonchev–Trinajstić information content (AvgIpc) is 2.67. The Balaban J connectivity index is 1.99. The van der Waals surface area contributed by atoms with Crippen LogP contribution in [0.4, 0.5) is 20.6 Å². The molecule has 0 aliphatic rings. The van der Waals surface area contributed by atoms with Crippen molar-refractivity contribution in [1.82, 2.24) is 9.97 Å². The van der Waals surface area contributed by atoms with Crippen LogP contribution in [-0.2, 0) is 0 Å². The SMILES string of the molecule is O=C(Nc1ccc(F)c(Cl)c1)N(CCCO)c1c[nH]c(=O)c2cnccc12. The van der Waals surface area contributed by atoms with E-state index in [4.69, 9.17) is 11.6 Å². The second-order valence-electron chi connectivity index (χ2n) is 5.71. The largest absolute Gasteiger partial charge is 0.396 e. The third-order valence-corrected chi connectivity index (χ3v) is 4.22. The Hall–Kier alpha value is -2.97. The maximum absolute atomic E-state index is 13.3. The van der Waals surface area contributed by atoms with Gasteiger partial charge in [-0.15, -0.1) is 0 Å². The van der Waals surface area contributed by atoms with Crippen LogP contribution in [0, 0.1) is 5.82 Å². The molecular weight excluding hydrogens is 375 g/mol. The van der Waals surface area contributed by atoms with Gasteiger partial charge in [-0.25, -0.2) is 9.18 Å². The van der Waals surface area contributed by atoms with Crippen molar-refractivity contribution in [3.05, 3.63) is 64.0 Å². The predicted octanol–water partition coefficient (Wildman–Crippen LogP) is 3.14. The first-order valence-electron chi connectivity index (χ1n) is 8.11. The van der Waals surface area contributed by atoms with Crippen molar-refractivity contribution in [2.45, 2.75) is 6.42 Å². The van der Waals surface area contributed by atoms with Gasteiger partial charge in [-0.3, -0.25) is 14.7 Å². The van der Waals surface area contributed by atoms with E-state index >= 15 is 0 Å². The van der Waals surface area contributed by atoms with Gasteiger partial charge in [0.05, 0.1) is 16.1 Å². The van der Waals surface area contributed by atoms with E-state index in [-0.39, 0.29) is 23.7 Å². The molecule has 27 heavy (non-hydrogen) atoms. The lowest BCUT2D eigenvalue weighted by molar-refractivity contribution is 0.254.